The van der Waals surface area contributed by atoms with E-state index in [0.29, 0.717) is 11.5 Å². The van der Waals surface area contributed by atoms with Crippen LogP contribution in [0.4, 0.5) is 0 Å². The Kier molecular flexibility index (Phi) is 4.41. The fourth-order valence-electron chi connectivity index (χ4n) is 6.93. The highest BCUT2D eigenvalue weighted by Crippen LogP contribution is 2.70. The fourth-order valence-corrected chi connectivity index (χ4v) is 9.46. The van der Waals surface area contributed by atoms with Gasteiger partial charge in [-0.2, -0.15) is 0 Å². The van der Waals surface area contributed by atoms with Gasteiger partial charge in [0.25, 0.3) is 5.91 Å². The van der Waals surface area contributed by atoms with E-state index in [9.17, 15) is 13.2 Å². The van der Waals surface area contributed by atoms with Gasteiger partial charge in [-0.05, 0) is 42.6 Å². The molecule has 0 radical (unpaired) electrons. The molecule has 2 aliphatic carbocycles. The van der Waals surface area contributed by atoms with Crippen LogP contribution in [-0.4, -0.2) is 41.9 Å². The predicted molar refractivity (Wildman–Crippen MR) is 117 cm³/mol. The molecular weight excluding hydrogens is 396 g/mol. The number of fused-ring (bicyclic) bond motifs is 1. The van der Waals surface area contributed by atoms with Crippen LogP contribution in [0.3, 0.4) is 0 Å². The molecular formula is C24H32N2O3S. The summed E-state index contributed by atoms with van der Waals surface area (Å²) in [6, 6.07) is 10.0. The molecule has 6 heteroatoms. The van der Waals surface area contributed by atoms with E-state index < -0.39 is 10.0 Å². The van der Waals surface area contributed by atoms with Crippen LogP contribution >= 0.6 is 0 Å². The fraction of sp³-hybridized carbons (Fsp3) is 0.625. The highest BCUT2D eigenvalue weighted by Gasteiger charge is 2.72. The average Bonchev–Trinajstić information content (AvgIpc) is 3.34. The lowest BCUT2D eigenvalue weighted by Crippen LogP contribution is -2.45. The van der Waals surface area contributed by atoms with Crippen LogP contribution in [0.2, 0.25) is 0 Å². The first-order chi connectivity index (χ1) is 14.2. The van der Waals surface area contributed by atoms with Crippen molar-refractivity contribution in [2.24, 2.45) is 22.7 Å². The van der Waals surface area contributed by atoms with E-state index in [-0.39, 0.29) is 34.4 Å². The predicted octanol–water partition coefficient (Wildman–Crippen LogP) is 3.78. The molecule has 0 aromatic heterocycles. The number of carbonyl (C=O) groups excluding carboxylic acids is 1. The van der Waals surface area contributed by atoms with E-state index >= 15 is 0 Å². The van der Waals surface area contributed by atoms with Gasteiger partial charge < -0.3 is 4.90 Å². The Labute approximate surface area is 180 Å². The van der Waals surface area contributed by atoms with Crippen molar-refractivity contribution in [3.8, 4) is 0 Å². The first-order valence-corrected chi connectivity index (χ1v) is 12.9. The Hall–Kier alpha value is -1.82. The van der Waals surface area contributed by atoms with E-state index in [4.69, 9.17) is 0 Å². The van der Waals surface area contributed by atoms with E-state index in [1.807, 2.05) is 24.4 Å². The van der Waals surface area contributed by atoms with Crippen molar-refractivity contribution in [1.29, 1.82) is 0 Å². The number of benzene rings is 1. The molecule has 162 valence electrons. The van der Waals surface area contributed by atoms with Crippen LogP contribution in [0.15, 0.2) is 42.1 Å². The normalized spacial score (nSPS) is 35.6. The van der Waals surface area contributed by atoms with Crippen LogP contribution in [0.25, 0.3) is 0 Å². The first kappa shape index (κ1) is 20.1. The molecule has 3 fully saturated rings. The summed E-state index contributed by atoms with van der Waals surface area (Å²) in [5, 5.41) is 0. The largest absolute Gasteiger partial charge is 0.372 e. The zero-order valence-electron chi connectivity index (χ0n) is 18.2. The number of nitrogens with zero attached hydrogens (tertiary/aromatic N) is 2. The van der Waals surface area contributed by atoms with E-state index in [2.05, 4.69) is 37.8 Å². The van der Waals surface area contributed by atoms with Gasteiger partial charge in [0.2, 0.25) is 10.0 Å². The van der Waals surface area contributed by atoms with Crippen molar-refractivity contribution < 1.29 is 13.2 Å². The molecule has 2 aliphatic heterocycles. The van der Waals surface area contributed by atoms with Crippen molar-refractivity contribution in [2.45, 2.75) is 59.0 Å². The summed E-state index contributed by atoms with van der Waals surface area (Å²) < 4.78 is 27.9. The average molecular weight is 429 g/mol. The van der Waals surface area contributed by atoms with E-state index in [1.165, 1.54) is 9.87 Å². The van der Waals surface area contributed by atoms with Crippen LogP contribution in [-0.2, 0) is 21.4 Å². The third-order valence-electron chi connectivity index (χ3n) is 8.80. The van der Waals surface area contributed by atoms with Gasteiger partial charge in [0.15, 0.2) is 0 Å². The molecule has 1 aromatic carbocycles. The summed E-state index contributed by atoms with van der Waals surface area (Å²) in [6.07, 6.45) is 5.61. The quantitative estimate of drug-likeness (QED) is 0.732. The number of hydrogen-bond donors (Lipinski definition) is 0. The first-order valence-electron chi connectivity index (χ1n) is 11.3. The van der Waals surface area contributed by atoms with Gasteiger partial charge in [-0.25, -0.2) is 12.7 Å². The molecule has 30 heavy (non-hydrogen) atoms. The third kappa shape index (κ3) is 2.65. The summed E-state index contributed by atoms with van der Waals surface area (Å²) >= 11 is 0. The smallest absolute Gasteiger partial charge is 0.265 e. The zero-order valence-corrected chi connectivity index (χ0v) is 19.0. The molecule has 5 rings (SSSR count). The molecule has 1 amide bonds. The molecule has 4 aliphatic rings. The minimum absolute atomic E-state index is 0.0205. The van der Waals surface area contributed by atoms with E-state index in [0.717, 1.165) is 38.8 Å². The minimum Gasteiger partial charge on any atom is -0.372 e. The highest BCUT2D eigenvalue weighted by molar-refractivity contribution is 7.90. The summed E-state index contributed by atoms with van der Waals surface area (Å²) in [7, 11) is -3.58. The monoisotopic (exact) mass is 428 g/mol. The maximum atomic E-state index is 13.7. The second-order valence-electron chi connectivity index (χ2n) is 10.3. The molecule has 2 saturated carbocycles. The molecule has 0 N–H and O–H groups in total. The van der Waals surface area contributed by atoms with Gasteiger partial charge in [0.05, 0.1) is 11.8 Å². The summed E-state index contributed by atoms with van der Waals surface area (Å²) in [4.78, 5) is 15.9. The summed E-state index contributed by atoms with van der Waals surface area (Å²) in [5.41, 5.74) is 1.58. The van der Waals surface area contributed by atoms with E-state index in [1.54, 1.807) is 0 Å². The van der Waals surface area contributed by atoms with Gasteiger partial charge >= 0.3 is 0 Å². The maximum absolute atomic E-state index is 13.7. The molecule has 5 nitrogen and oxygen atoms in total. The third-order valence-corrected chi connectivity index (χ3v) is 10.7. The number of sulfonamides is 1. The summed E-state index contributed by atoms with van der Waals surface area (Å²) in [6.45, 7) is 8.03. The number of carbonyl (C=O) groups is 1. The van der Waals surface area contributed by atoms with Gasteiger partial charge in [-0.3, -0.25) is 4.79 Å². The molecule has 2 bridgehead atoms. The number of amides is 1. The van der Waals surface area contributed by atoms with Gasteiger partial charge in [-0.15, -0.1) is 0 Å². The topological polar surface area (TPSA) is 57.7 Å². The Bertz CT molecular complexity index is 1000. The van der Waals surface area contributed by atoms with Gasteiger partial charge in [0, 0.05) is 36.2 Å². The van der Waals surface area contributed by atoms with Crippen molar-refractivity contribution in [2.75, 3.05) is 12.3 Å². The van der Waals surface area contributed by atoms with Crippen molar-refractivity contribution in [3.05, 3.63) is 47.7 Å². The van der Waals surface area contributed by atoms with Crippen LogP contribution < -0.4 is 0 Å². The van der Waals surface area contributed by atoms with Gasteiger partial charge in [-0.1, -0.05) is 51.1 Å². The molecule has 2 heterocycles. The van der Waals surface area contributed by atoms with Crippen LogP contribution in [0.5, 0.6) is 0 Å². The zero-order chi connectivity index (χ0) is 21.3. The summed E-state index contributed by atoms with van der Waals surface area (Å²) in [5.74, 6) is 0.474. The standard InChI is InChI=1S/C24H32N2O3S/c1-4-18-14-25(13-17-8-6-5-7-9-17)15-20(18)22(27)26-21-12-19-10-11-24(21,23(19,2)3)16-30(26,28)29/h5-9,15,18-19,21H,4,10-14,16H2,1-3H3/t18-,19?,21+,24+/m1/s1. The minimum atomic E-state index is -3.58. The molecule has 4 atom stereocenters. The Morgan fingerprint density at radius 1 is 1.20 bits per heavy atom. The van der Waals surface area contributed by atoms with Crippen molar-refractivity contribution in [1.82, 2.24) is 9.21 Å². The van der Waals surface area contributed by atoms with Crippen molar-refractivity contribution >= 4 is 15.9 Å². The highest BCUT2D eigenvalue weighted by atomic mass is 32.2. The molecule has 1 unspecified atom stereocenters. The van der Waals surface area contributed by atoms with Crippen LogP contribution in [0.1, 0.15) is 52.0 Å². The SMILES string of the molecule is CC[C@@H]1CN(Cc2ccccc2)C=C1C(=O)N1[C@H]2CC3CC[C@@]2(CS1(=O)=O)C3(C)C. The molecule has 1 aromatic rings. The lowest BCUT2D eigenvalue weighted by molar-refractivity contribution is -0.125. The van der Waals surface area contributed by atoms with Gasteiger partial charge in [0.1, 0.15) is 0 Å². The maximum Gasteiger partial charge on any atom is 0.265 e. The van der Waals surface area contributed by atoms with Crippen LogP contribution in [0, 0.1) is 22.7 Å². The Morgan fingerprint density at radius 3 is 2.60 bits per heavy atom. The Balaban J connectivity index is 1.45. The lowest BCUT2D eigenvalue weighted by atomic mass is 9.69. The second-order valence-corrected chi connectivity index (χ2v) is 12.2. The molecule has 1 spiro atoms. The van der Waals surface area contributed by atoms with Crippen molar-refractivity contribution in [3.63, 3.8) is 0 Å². The second kappa shape index (κ2) is 6.59. The lowest BCUT2D eigenvalue weighted by Gasteiger charge is -2.37. The Morgan fingerprint density at radius 2 is 1.93 bits per heavy atom. The number of rotatable bonds is 4. The molecule has 1 saturated heterocycles. The number of hydrogen-bond acceptors (Lipinski definition) is 4.